The topological polar surface area (TPSA) is 0 Å². The van der Waals surface area contributed by atoms with Gasteiger partial charge >= 0.3 is 272 Å². The zero-order chi connectivity index (χ0) is 31.5. The van der Waals surface area contributed by atoms with Gasteiger partial charge in [0.15, 0.2) is 0 Å². The van der Waals surface area contributed by atoms with Crippen molar-refractivity contribution in [1.82, 2.24) is 0 Å². The SMILES string of the molecule is CC1=CC[C]([Zr+2](=[C](C)C)[C]2(C)c3c4c(c5ccccc5c3C(C)C(C)C2C)-c2cc(C)c(C)c(C)c2C4C)=C1C(C)(C)C.[Cl-].[Cl-]. The quantitative estimate of drug-likeness (QED) is 0.306. The first kappa shape index (κ1) is 36.6. The predicted octanol–water partition coefficient (Wildman–Crippen LogP) is 5.99. The van der Waals surface area contributed by atoms with Crippen molar-refractivity contribution in [2.75, 3.05) is 0 Å². The van der Waals surface area contributed by atoms with Gasteiger partial charge in [0.05, 0.1) is 0 Å². The molecule has 0 aromatic heterocycles. The Labute approximate surface area is 294 Å². The number of fused-ring (bicyclic) bond motifs is 8. The third-order valence-electron chi connectivity index (χ3n) is 12.5. The first-order valence-corrected chi connectivity index (χ1v) is 20.5. The van der Waals surface area contributed by atoms with Crippen molar-refractivity contribution in [2.45, 2.75) is 118 Å². The number of allylic oxidation sites excluding steroid dienone is 4. The maximum Gasteiger partial charge on any atom is -1.00 e. The van der Waals surface area contributed by atoms with E-state index in [-0.39, 0.29) is 33.4 Å². The molecule has 6 rings (SSSR count). The Bertz CT molecular complexity index is 1810. The molecular formula is C42H54Cl2Zr. The fourth-order valence-corrected chi connectivity index (χ4v) is 21.6. The van der Waals surface area contributed by atoms with Crippen LogP contribution in [0.25, 0.3) is 21.9 Å². The molecule has 0 saturated heterocycles. The summed E-state index contributed by atoms with van der Waals surface area (Å²) < 4.78 is 3.81. The second kappa shape index (κ2) is 12.3. The molecule has 0 fully saturated rings. The van der Waals surface area contributed by atoms with Gasteiger partial charge in [-0.25, -0.2) is 0 Å². The molecule has 3 aromatic carbocycles. The van der Waals surface area contributed by atoms with Crippen LogP contribution in [-0.2, 0) is 24.4 Å². The number of benzene rings is 3. The summed E-state index contributed by atoms with van der Waals surface area (Å²) >= 11 is -2.49. The van der Waals surface area contributed by atoms with Crippen LogP contribution in [0.4, 0.5) is 0 Å². The van der Waals surface area contributed by atoms with Gasteiger partial charge < -0.3 is 24.8 Å². The van der Waals surface area contributed by atoms with Crippen molar-refractivity contribution in [3.8, 4) is 11.1 Å². The van der Waals surface area contributed by atoms with E-state index in [1.54, 1.807) is 42.2 Å². The average Bonchev–Trinajstić information content (AvgIpc) is 3.46. The molecule has 0 N–H and O–H groups in total. The van der Waals surface area contributed by atoms with Crippen molar-refractivity contribution in [2.24, 2.45) is 17.3 Å². The Morgan fingerprint density at radius 3 is 2.02 bits per heavy atom. The van der Waals surface area contributed by atoms with Gasteiger partial charge in [0.1, 0.15) is 0 Å². The van der Waals surface area contributed by atoms with Crippen molar-refractivity contribution >= 4 is 14.0 Å². The second-order valence-electron chi connectivity index (χ2n) is 16.0. The molecule has 0 bridgehead atoms. The summed E-state index contributed by atoms with van der Waals surface area (Å²) in [5, 5.41) is 3.00. The van der Waals surface area contributed by atoms with Gasteiger partial charge in [0.25, 0.3) is 0 Å². The van der Waals surface area contributed by atoms with E-state index in [1.165, 1.54) is 39.4 Å². The third kappa shape index (κ3) is 5.03. The minimum Gasteiger partial charge on any atom is -1.00 e. The number of hydrogen-bond donors (Lipinski definition) is 0. The normalized spacial score (nSPS) is 25.0. The molecule has 0 aliphatic heterocycles. The van der Waals surface area contributed by atoms with Crippen LogP contribution in [-0.4, -0.2) is 3.21 Å². The van der Waals surface area contributed by atoms with Gasteiger partial charge in [-0.15, -0.1) is 0 Å². The van der Waals surface area contributed by atoms with E-state index < -0.39 is 21.3 Å². The standard InChI is InChI=1S/C29H33.C10H15.C3H6.2ClH.Zr/c1-14-13-24-25(18(5)15(14)2)21(8)28-27-20(7)17(4)16(3)19(6)26(27)22-11-9-10-12-23(22)29(24)28;1-8-6-5-7-9(8)10(2,3)4;1-3-2;;;/h9-13,16-17,19,21H,1-8H3;6H,5H2,1-4H3;1-2H3;2*1H;/q;;;;;+2/p-2. The van der Waals surface area contributed by atoms with Crippen LogP contribution in [0.3, 0.4) is 0 Å². The summed E-state index contributed by atoms with van der Waals surface area (Å²) in [6, 6.07) is 12.0. The van der Waals surface area contributed by atoms with Gasteiger partial charge in [-0.2, -0.15) is 0 Å². The summed E-state index contributed by atoms with van der Waals surface area (Å²) in [5.41, 5.74) is 17.6. The largest absolute Gasteiger partial charge is 1.00 e. The molecule has 0 radical (unpaired) electrons. The molecule has 5 atom stereocenters. The summed E-state index contributed by atoms with van der Waals surface area (Å²) in [6.45, 7) is 34.9. The molecular weight excluding hydrogens is 667 g/mol. The zero-order valence-electron chi connectivity index (χ0n) is 30.2. The first-order valence-electron chi connectivity index (χ1n) is 16.8. The van der Waals surface area contributed by atoms with Gasteiger partial charge in [0, 0.05) is 0 Å². The number of halogens is 2. The monoisotopic (exact) mass is 718 g/mol. The fourth-order valence-electron chi connectivity index (χ4n) is 10.2. The first-order chi connectivity index (χ1) is 20.0. The average molecular weight is 721 g/mol. The molecule has 0 nitrogen and oxygen atoms in total. The molecule has 5 unspecified atom stereocenters. The van der Waals surface area contributed by atoms with Crippen LogP contribution in [0.15, 0.2) is 50.8 Å². The van der Waals surface area contributed by atoms with E-state index in [2.05, 4.69) is 133 Å². The fraction of sp³-hybridized carbons (Fsp3) is 0.500. The predicted molar refractivity (Wildman–Crippen MR) is 186 cm³/mol. The molecule has 0 saturated carbocycles. The maximum absolute atomic E-state index is 2.77. The maximum atomic E-state index is 2.77. The minimum absolute atomic E-state index is 0. The van der Waals surface area contributed by atoms with Crippen LogP contribution in [0.2, 0.25) is 0 Å². The summed E-state index contributed by atoms with van der Waals surface area (Å²) in [4.78, 5) is 0. The van der Waals surface area contributed by atoms with Crippen LogP contribution in [0, 0.1) is 38.0 Å². The minimum atomic E-state index is -2.49. The molecule has 0 spiro atoms. The van der Waals surface area contributed by atoms with Crippen LogP contribution in [0.1, 0.15) is 133 Å². The number of rotatable bonds is 2. The van der Waals surface area contributed by atoms with Crippen LogP contribution in [0.5, 0.6) is 0 Å². The van der Waals surface area contributed by atoms with E-state index >= 15 is 0 Å². The molecule has 3 aromatic rings. The molecule has 0 heterocycles. The van der Waals surface area contributed by atoms with Crippen LogP contribution >= 0.6 is 0 Å². The van der Waals surface area contributed by atoms with Crippen molar-refractivity contribution in [3.63, 3.8) is 0 Å². The molecule has 45 heavy (non-hydrogen) atoms. The van der Waals surface area contributed by atoms with Crippen LogP contribution < -0.4 is 24.8 Å². The Balaban J connectivity index is 0.00000230. The summed E-state index contributed by atoms with van der Waals surface area (Å²) in [6.07, 6.45) is 3.74. The van der Waals surface area contributed by atoms with Gasteiger partial charge in [-0.1, -0.05) is 0 Å². The molecule has 3 aliphatic carbocycles. The van der Waals surface area contributed by atoms with Crippen molar-refractivity contribution in [3.05, 3.63) is 89.8 Å². The molecule has 3 aliphatic rings. The Morgan fingerprint density at radius 2 is 1.44 bits per heavy atom. The number of hydrogen-bond acceptors (Lipinski definition) is 0. The Morgan fingerprint density at radius 1 is 0.844 bits per heavy atom. The molecule has 240 valence electrons. The van der Waals surface area contributed by atoms with E-state index in [1.807, 2.05) is 3.28 Å². The van der Waals surface area contributed by atoms with Crippen molar-refractivity contribution in [1.29, 1.82) is 0 Å². The van der Waals surface area contributed by atoms with Gasteiger partial charge in [-0.3, -0.25) is 0 Å². The van der Waals surface area contributed by atoms with E-state index in [4.69, 9.17) is 0 Å². The molecule has 0 amide bonds. The third-order valence-corrected chi connectivity index (χ3v) is 21.8. The Hall–Kier alpha value is -1.27. The van der Waals surface area contributed by atoms with Gasteiger partial charge in [0.2, 0.25) is 0 Å². The van der Waals surface area contributed by atoms with Crippen molar-refractivity contribution < 1.29 is 46.1 Å². The smallest absolute Gasteiger partial charge is 1.00 e. The van der Waals surface area contributed by atoms with E-state index in [0.29, 0.717) is 23.7 Å². The number of aryl methyl sites for hydroxylation is 1. The van der Waals surface area contributed by atoms with Gasteiger partial charge in [-0.05, 0) is 0 Å². The molecule has 3 heteroatoms. The summed E-state index contributed by atoms with van der Waals surface area (Å²) in [7, 11) is 0. The summed E-state index contributed by atoms with van der Waals surface area (Å²) in [5.74, 6) is 2.21. The zero-order valence-corrected chi connectivity index (χ0v) is 34.2. The van der Waals surface area contributed by atoms with E-state index in [0.717, 1.165) is 0 Å². The Kier molecular flexibility index (Phi) is 10.0. The second-order valence-corrected chi connectivity index (χ2v) is 24.3. The van der Waals surface area contributed by atoms with E-state index in [9.17, 15) is 0 Å².